The molecule has 5 rings (SSSR count). The molecule has 3 aromatic carbocycles. The molecular formula is C30H27ClN2O2. The lowest BCUT2D eigenvalue weighted by atomic mass is 9.67. The number of anilines is 1. The molecule has 0 unspecified atom stereocenters. The molecule has 1 aliphatic carbocycles. The summed E-state index contributed by atoms with van der Waals surface area (Å²) in [4.78, 5) is 15.7. The lowest BCUT2D eigenvalue weighted by Gasteiger charge is -2.45. The molecule has 5 heteroatoms. The molecule has 1 aliphatic heterocycles. The van der Waals surface area contributed by atoms with Crippen molar-refractivity contribution in [3.63, 3.8) is 0 Å². The van der Waals surface area contributed by atoms with Crippen molar-refractivity contribution in [2.24, 2.45) is 5.41 Å². The van der Waals surface area contributed by atoms with Crippen molar-refractivity contribution in [3.8, 4) is 0 Å². The molecule has 1 atom stereocenters. The zero-order valence-electron chi connectivity index (χ0n) is 19.8. The quantitative estimate of drug-likeness (QED) is 0.379. The van der Waals surface area contributed by atoms with Crippen molar-refractivity contribution < 1.29 is 9.90 Å². The molecule has 0 saturated carbocycles. The van der Waals surface area contributed by atoms with Crippen LogP contribution in [0.4, 0.5) is 5.69 Å². The van der Waals surface area contributed by atoms with E-state index in [2.05, 4.69) is 13.8 Å². The van der Waals surface area contributed by atoms with E-state index in [0.717, 1.165) is 11.4 Å². The topological polar surface area (TPSA) is 64.4 Å². The number of aliphatic hydroxyl groups is 1. The second-order valence-corrected chi connectivity index (χ2v) is 10.3. The molecule has 0 radical (unpaired) electrons. The van der Waals surface area contributed by atoms with Crippen molar-refractivity contribution in [3.05, 3.63) is 118 Å². The number of rotatable bonds is 3. The highest BCUT2D eigenvalue weighted by molar-refractivity contribution is 6.32. The van der Waals surface area contributed by atoms with Gasteiger partial charge in [0.25, 0.3) is 0 Å². The number of amidine groups is 1. The fraction of sp³-hybridized carbons (Fsp3) is 0.200. The largest absolute Gasteiger partial charge is 0.507 e. The summed E-state index contributed by atoms with van der Waals surface area (Å²) in [6.45, 7) is 4.16. The summed E-state index contributed by atoms with van der Waals surface area (Å²) in [5.41, 5.74) is 3.62. The molecule has 0 aromatic heterocycles. The van der Waals surface area contributed by atoms with Gasteiger partial charge in [0.1, 0.15) is 11.6 Å². The van der Waals surface area contributed by atoms with Crippen LogP contribution < -0.4 is 4.90 Å². The second kappa shape index (κ2) is 8.86. The van der Waals surface area contributed by atoms with Gasteiger partial charge in [-0.2, -0.15) is 0 Å². The maximum atomic E-state index is 13.8. The first-order chi connectivity index (χ1) is 16.8. The number of carbonyl (C=O) groups is 1. The molecule has 0 bridgehead atoms. The van der Waals surface area contributed by atoms with E-state index in [4.69, 9.17) is 11.6 Å². The Morgan fingerprint density at radius 3 is 2.20 bits per heavy atom. The maximum absolute atomic E-state index is 13.8. The van der Waals surface area contributed by atoms with E-state index in [0.29, 0.717) is 40.1 Å². The number of carbonyl (C=O) groups excluding carboxylic acids is 1. The van der Waals surface area contributed by atoms with Crippen LogP contribution in [0.25, 0.3) is 5.76 Å². The van der Waals surface area contributed by atoms with E-state index in [-0.39, 0.29) is 22.8 Å². The zero-order valence-corrected chi connectivity index (χ0v) is 20.5. The van der Waals surface area contributed by atoms with Crippen molar-refractivity contribution >= 4 is 34.7 Å². The smallest absolute Gasteiger partial charge is 0.162 e. The van der Waals surface area contributed by atoms with Gasteiger partial charge in [0.2, 0.25) is 0 Å². The number of benzene rings is 3. The SMILES string of the molecule is CC1(C)CC(=O)C2=C(C1)N(c1ccccc1)C(=N)C(=C(O)c1ccccc1)[C@@H]2c1ccccc1Cl. The van der Waals surface area contributed by atoms with Gasteiger partial charge in [-0.15, -0.1) is 0 Å². The number of nitrogens with zero attached hydrogens (tertiary/aromatic N) is 1. The fourth-order valence-electron chi connectivity index (χ4n) is 5.25. The summed E-state index contributed by atoms with van der Waals surface area (Å²) in [7, 11) is 0. The average molecular weight is 483 g/mol. The average Bonchev–Trinajstić information content (AvgIpc) is 2.84. The van der Waals surface area contributed by atoms with Crippen LogP contribution in [0, 0.1) is 10.8 Å². The molecule has 0 spiro atoms. The van der Waals surface area contributed by atoms with Gasteiger partial charge in [-0.1, -0.05) is 92.2 Å². The van der Waals surface area contributed by atoms with E-state index in [1.54, 1.807) is 6.07 Å². The van der Waals surface area contributed by atoms with E-state index in [1.807, 2.05) is 83.8 Å². The van der Waals surface area contributed by atoms with Gasteiger partial charge in [0.05, 0.1) is 0 Å². The van der Waals surface area contributed by atoms with Crippen LogP contribution in [0.2, 0.25) is 5.02 Å². The van der Waals surface area contributed by atoms with Crippen LogP contribution >= 0.6 is 11.6 Å². The summed E-state index contributed by atoms with van der Waals surface area (Å²) < 4.78 is 0. The Labute approximate surface area is 210 Å². The fourth-order valence-corrected chi connectivity index (χ4v) is 5.49. The minimum Gasteiger partial charge on any atom is -0.507 e. The predicted octanol–water partition coefficient (Wildman–Crippen LogP) is 7.53. The Balaban J connectivity index is 1.87. The number of hydrogen-bond acceptors (Lipinski definition) is 3. The Morgan fingerprint density at radius 2 is 1.54 bits per heavy atom. The highest BCUT2D eigenvalue weighted by Gasteiger charge is 2.47. The van der Waals surface area contributed by atoms with Crippen molar-refractivity contribution in [1.29, 1.82) is 5.41 Å². The molecule has 0 amide bonds. The molecular weight excluding hydrogens is 456 g/mol. The number of nitrogens with one attached hydrogen (secondary N) is 1. The minimum atomic E-state index is -0.644. The first-order valence-electron chi connectivity index (χ1n) is 11.7. The third kappa shape index (κ3) is 4.08. The number of hydrogen-bond donors (Lipinski definition) is 2. The number of ketones is 1. The molecule has 176 valence electrons. The summed E-state index contributed by atoms with van der Waals surface area (Å²) in [5, 5.41) is 21.5. The van der Waals surface area contributed by atoms with Crippen LogP contribution in [0.5, 0.6) is 0 Å². The van der Waals surface area contributed by atoms with E-state index in [1.165, 1.54) is 0 Å². The lowest BCUT2D eigenvalue weighted by molar-refractivity contribution is -0.118. The Hall–Kier alpha value is -3.63. The van der Waals surface area contributed by atoms with Gasteiger partial charge in [0.15, 0.2) is 5.78 Å². The molecule has 1 heterocycles. The van der Waals surface area contributed by atoms with Crippen molar-refractivity contribution in [2.75, 3.05) is 4.90 Å². The third-order valence-electron chi connectivity index (χ3n) is 6.76. The Kier molecular flexibility index (Phi) is 5.86. The van der Waals surface area contributed by atoms with Gasteiger partial charge < -0.3 is 5.11 Å². The normalized spacial score (nSPS) is 21.1. The van der Waals surface area contributed by atoms with Crippen LogP contribution in [0.1, 0.15) is 43.7 Å². The van der Waals surface area contributed by atoms with E-state index >= 15 is 0 Å². The molecule has 0 fully saturated rings. The Morgan fingerprint density at radius 1 is 0.943 bits per heavy atom. The maximum Gasteiger partial charge on any atom is 0.162 e. The second-order valence-electron chi connectivity index (χ2n) is 9.90. The first-order valence-corrected chi connectivity index (χ1v) is 12.1. The lowest BCUT2D eigenvalue weighted by Crippen LogP contribution is -2.45. The highest BCUT2D eigenvalue weighted by Crippen LogP contribution is 2.52. The van der Waals surface area contributed by atoms with Crippen LogP contribution in [-0.2, 0) is 4.79 Å². The van der Waals surface area contributed by atoms with Gasteiger partial charge in [0, 0.05) is 45.5 Å². The molecule has 0 saturated heterocycles. The van der Waals surface area contributed by atoms with Gasteiger partial charge in [-0.3, -0.25) is 15.1 Å². The summed E-state index contributed by atoms with van der Waals surface area (Å²) >= 11 is 6.69. The van der Waals surface area contributed by atoms with Crippen LogP contribution in [0.3, 0.4) is 0 Å². The van der Waals surface area contributed by atoms with Crippen molar-refractivity contribution in [2.45, 2.75) is 32.6 Å². The summed E-state index contributed by atoms with van der Waals surface area (Å²) in [6.07, 6.45) is 1.02. The predicted molar refractivity (Wildman–Crippen MR) is 142 cm³/mol. The summed E-state index contributed by atoms with van der Waals surface area (Å²) in [6, 6.07) is 26.2. The van der Waals surface area contributed by atoms with Gasteiger partial charge >= 0.3 is 0 Å². The van der Waals surface area contributed by atoms with Gasteiger partial charge in [-0.05, 0) is 35.6 Å². The zero-order chi connectivity index (χ0) is 24.7. The molecule has 3 aromatic rings. The van der Waals surface area contributed by atoms with Crippen LogP contribution in [0.15, 0.2) is 102 Å². The minimum absolute atomic E-state index is 0.0213. The molecule has 4 nitrogen and oxygen atoms in total. The highest BCUT2D eigenvalue weighted by atomic mass is 35.5. The van der Waals surface area contributed by atoms with Crippen LogP contribution in [-0.4, -0.2) is 16.7 Å². The van der Waals surface area contributed by atoms with Gasteiger partial charge in [-0.25, -0.2) is 0 Å². The number of halogens is 1. The molecule has 2 N–H and O–H groups in total. The number of allylic oxidation sites excluding steroid dienone is 2. The van der Waals surface area contributed by atoms with E-state index < -0.39 is 5.92 Å². The first kappa shape index (κ1) is 23.1. The standard InChI is InChI=1S/C30H27ClN2O2/c1-30(2)17-23-26(24(34)18-30)25(21-15-9-10-16-22(21)31)27(28(35)19-11-5-3-6-12-19)29(32)33(23)20-13-7-4-8-14-20/h3-16,25,32,35H,17-18H2,1-2H3/t25-/m1/s1. The Bertz CT molecular complexity index is 1370. The number of Topliss-reactive ketones (excluding diaryl/α,β-unsaturated/α-hetero) is 1. The summed E-state index contributed by atoms with van der Waals surface area (Å²) in [5.74, 6) is -0.500. The number of para-hydroxylation sites is 1. The van der Waals surface area contributed by atoms with Crippen molar-refractivity contribution in [1.82, 2.24) is 0 Å². The third-order valence-corrected chi connectivity index (χ3v) is 7.10. The molecule has 2 aliphatic rings. The van der Waals surface area contributed by atoms with E-state index in [9.17, 15) is 15.3 Å². The monoisotopic (exact) mass is 482 g/mol. The number of aliphatic hydroxyl groups excluding tert-OH is 1. The molecule has 35 heavy (non-hydrogen) atoms.